The average Bonchev–Trinajstić information content (AvgIpc) is 2.46. The SMILES string of the molecule is CN(CCc1ccncc1)C(C(=O)O)c1cccc(F)c1. The van der Waals surface area contributed by atoms with Gasteiger partial charge in [-0.25, -0.2) is 4.39 Å². The van der Waals surface area contributed by atoms with Gasteiger partial charge in [0.15, 0.2) is 0 Å². The predicted molar refractivity (Wildman–Crippen MR) is 77.3 cm³/mol. The molecule has 0 aliphatic heterocycles. The second kappa shape index (κ2) is 6.95. The van der Waals surface area contributed by atoms with Crippen molar-refractivity contribution in [2.45, 2.75) is 12.5 Å². The summed E-state index contributed by atoms with van der Waals surface area (Å²) in [5.74, 6) is -1.42. The van der Waals surface area contributed by atoms with Gasteiger partial charge < -0.3 is 5.11 Å². The second-order valence-electron chi connectivity index (χ2n) is 4.88. The number of carbonyl (C=O) groups is 1. The molecule has 0 spiro atoms. The number of carboxylic acid groups (broad SMARTS) is 1. The highest BCUT2D eigenvalue weighted by molar-refractivity contribution is 5.75. The number of carboxylic acids is 1. The molecule has 4 nitrogen and oxygen atoms in total. The molecule has 2 aromatic rings. The van der Waals surface area contributed by atoms with Crippen LogP contribution in [0.2, 0.25) is 0 Å². The van der Waals surface area contributed by atoms with Crippen molar-refractivity contribution in [1.82, 2.24) is 9.88 Å². The average molecular weight is 288 g/mol. The largest absolute Gasteiger partial charge is 0.480 e. The fourth-order valence-corrected chi connectivity index (χ4v) is 2.25. The van der Waals surface area contributed by atoms with Gasteiger partial charge >= 0.3 is 5.97 Å². The molecule has 5 heteroatoms. The summed E-state index contributed by atoms with van der Waals surface area (Å²) in [6, 6.07) is 8.66. The summed E-state index contributed by atoms with van der Waals surface area (Å²) in [4.78, 5) is 17.1. The summed E-state index contributed by atoms with van der Waals surface area (Å²) in [5, 5.41) is 9.41. The van der Waals surface area contributed by atoms with E-state index in [2.05, 4.69) is 4.98 Å². The van der Waals surface area contributed by atoms with E-state index in [1.807, 2.05) is 12.1 Å². The number of pyridine rings is 1. The van der Waals surface area contributed by atoms with Crippen molar-refractivity contribution in [3.05, 3.63) is 65.7 Å². The molecule has 1 aromatic heterocycles. The maximum atomic E-state index is 13.3. The molecule has 1 N–H and O–H groups in total. The number of likely N-dealkylation sites (N-methyl/N-ethyl adjacent to an activating group) is 1. The zero-order valence-electron chi connectivity index (χ0n) is 11.7. The van der Waals surface area contributed by atoms with Crippen LogP contribution in [0.25, 0.3) is 0 Å². The lowest BCUT2D eigenvalue weighted by molar-refractivity contribution is -0.143. The Morgan fingerprint density at radius 2 is 2.05 bits per heavy atom. The van der Waals surface area contributed by atoms with E-state index in [-0.39, 0.29) is 0 Å². The summed E-state index contributed by atoms with van der Waals surface area (Å²) in [6.07, 6.45) is 4.12. The molecular weight excluding hydrogens is 271 g/mol. The third kappa shape index (κ3) is 4.10. The fraction of sp³-hybridized carbons (Fsp3) is 0.250. The zero-order chi connectivity index (χ0) is 15.2. The summed E-state index contributed by atoms with van der Waals surface area (Å²) in [6.45, 7) is 0.553. The molecular formula is C16H17FN2O2. The van der Waals surface area contributed by atoms with Crippen molar-refractivity contribution >= 4 is 5.97 Å². The molecule has 0 saturated heterocycles. The zero-order valence-corrected chi connectivity index (χ0v) is 11.7. The van der Waals surface area contributed by atoms with Gasteiger partial charge in [0.1, 0.15) is 11.9 Å². The Bertz CT molecular complexity index is 604. The Balaban J connectivity index is 2.09. The van der Waals surface area contributed by atoms with E-state index < -0.39 is 17.8 Å². The standard InChI is InChI=1S/C16H17FN2O2/c1-19(10-7-12-5-8-18-9-6-12)15(16(20)21)13-3-2-4-14(17)11-13/h2-6,8-9,11,15H,7,10H2,1H3,(H,20,21). The topological polar surface area (TPSA) is 53.4 Å². The maximum absolute atomic E-state index is 13.3. The predicted octanol–water partition coefficient (Wildman–Crippen LogP) is 2.52. The number of rotatable bonds is 6. The minimum absolute atomic E-state index is 0.429. The molecule has 0 amide bonds. The van der Waals surface area contributed by atoms with Gasteiger partial charge in [0.25, 0.3) is 0 Å². The third-order valence-electron chi connectivity index (χ3n) is 3.34. The van der Waals surface area contributed by atoms with Crippen LogP contribution in [0.4, 0.5) is 4.39 Å². The van der Waals surface area contributed by atoms with E-state index >= 15 is 0 Å². The van der Waals surface area contributed by atoms with Gasteiger partial charge in [-0.2, -0.15) is 0 Å². The van der Waals surface area contributed by atoms with Crippen LogP contribution in [0, 0.1) is 5.82 Å². The van der Waals surface area contributed by atoms with Crippen molar-refractivity contribution in [3.8, 4) is 0 Å². The van der Waals surface area contributed by atoms with Crippen LogP contribution in [-0.2, 0) is 11.2 Å². The number of aromatic nitrogens is 1. The molecule has 0 bridgehead atoms. The minimum Gasteiger partial charge on any atom is -0.480 e. The van der Waals surface area contributed by atoms with Gasteiger partial charge in [-0.05, 0) is 48.9 Å². The summed E-state index contributed by atoms with van der Waals surface area (Å²) in [5.41, 5.74) is 1.53. The summed E-state index contributed by atoms with van der Waals surface area (Å²) in [7, 11) is 1.73. The maximum Gasteiger partial charge on any atom is 0.325 e. The van der Waals surface area contributed by atoms with E-state index in [0.29, 0.717) is 18.5 Å². The van der Waals surface area contributed by atoms with Gasteiger partial charge in [0.05, 0.1) is 0 Å². The first-order valence-electron chi connectivity index (χ1n) is 6.65. The Morgan fingerprint density at radius 3 is 2.67 bits per heavy atom. The van der Waals surface area contributed by atoms with Crippen LogP contribution in [-0.4, -0.2) is 34.6 Å². The Hall–Kier alpha value is -2.27. The second-order valence-corrected chi connectivity index (χ2v) is 4.88. The fourth-order valence-electron chi connectivity index (χ4n) is 2.25. The van der Waals surface area contributed by atoms with Crippen molar-refractivity contribution in [2.75, 3.05) is 13.6 Å². The Kier molecular flexibility index (Phi) is 5.00. The van der Waals surface area contributed by atoms with E-state index in [4.69, 9.17) is 0 Å². The first-order chi connectivity index (χ1) is 10.1. The number of halogens is 1. The molecule has 0 saturated carbocycles. The van der Waals surface area contributed by atoms with Gasteiger partial charge in [0.2, 0.25) is 0 Å². The van der Waals surface area contributed by atoms with Gasteiger partial charge in [-0.15, -0.1) is 0 Å². The van der Waals surface area contributed by atoms with Crippen molar-refractivity contribution < 1.29 is 14.3 Å². The minimum atomic E-state index is -0.988. The highest BCUT2D eigenvalue weighted by Gasteiger charge is 2.24. The van der Waals surface area contributed by atoms with Crippen LogP contribution in [0.3, 0.4) is 0 Å². The molecule has 0 aliphatic carbocycles. The molecule has 1 atom stereocenters. The van der Waals surface area contributed by atoms with Gasteiger partial charge in [0, 0.05) is 18.9 Å². The number of aliphatic carboxylic acids is 1. The van der Waals surface area contributed by atoms with Crippen LogP contribution in [0.5, 0.6) is 0 Å². The van der Waals surface area contributed by atoms with Gasteiger partial charge in [-0.3, -0.25) is 14.7 Å². The number of benzene rings is 1. The van der Waals surface area contributed by atoms with Crippen LogP contribution in [0.1, 0.15) is 17.2 Å². The number of nitrogens with zero attached hydrogens (tertiary/aromatic N) is 2. The molecule has 0 aliphatic rings. The van der Waals surface area contributed by atoms with E-state index in [1.54, 1.807) is 30.4 Å². The smallest absolute Gasteiger partial charge is 0.325 e. The summed E-state index contributed by atoms with van der Waals surface area (Å²) < 4.78 is 13.3. The molecule has 1 heterocycles. The van der Waals surface area contributed by atoms with Crippen molar-refractivity contribution in [1.29, 1.82) is 0 Å². The molecule has 1 unspecified atom stereocenters. The molecule has 110 valence electrons. The van der Waals surface area contributed by atoms with Crippen LogP contribution < -0.4 is 0 Å². The third-order valence-corrected chi connectivity index (χ3v) is 3.34. The highest BCUT2D eigenvalue weighted by atomic mass is 19.1. The van der Waals surface area contributed by atoms with Crippen LogP contribution >= 0.6 is 0 Å². The quantitative estimate of drug-likeness (QED) is 0.887. The summed E-state index contributed by atoms with van der Waals surface area (Å²) >= 11 is 0. The van der Waals surface area contributed by atoms with E-state index in [0.717, 1.165) is 5.56 Å². The van der Waals surface area contributed by atoms with E-state index in [1.165, 1.54) is 18.2 Å². The Labute approximate surface area is 122 Å². The van der Waals surface area contributed by atoms with Gasteiger partial charge in [-0.1, -0.05) is 12.1 Å². The molecule has 0 fully saturated rings. The van der Waals surface area contributed by atoms with Crippen LogP contribution in [0.15, 0.2) is 48.8 Å². The monoisotopic (exact) mass is 288 g/mol. The lowest BCUT2D eigenvalue weighted by Crippen LogP contribution is -2.32. The molecule has 0 radical (unpaired) electrons. The normalized spacial score (nSPS) is 12.3. The van der Waals surface area contributed by atoms with E-state index in [9.17, 15) is 14.3 Å². The lowest BCUT2D eigenvalue weighted by atomic mass is 10.0. The highest BCUT2D eigenvalue weighted by Crippen LogP contribution is 2.21. The van der Waals surface area contributed by atoms with Crippen molar-refractivity contribution in [3.63, 3.8) is 0 Å². The number of hydrogen-bond acceptors (Lipinski definition) is 3. The first kappa shape index (κ1) is 15.1. The Morgan fingerprint density at radius 1 is 1.33 bits per heavy atom. The lowest BCUT2D eigenvalue weighted by Gasteiger charge is -2.25. The first-order valence-corrected chi connectivity index (χ1v) is 6.65. The molecule has 1 aromatic carbocycles. The molecule has 2 rings (SSSR count). The van der Waals surface area contributed by atoms with Crippen molar-refractivity contribution in [2.24, 2.45) is 0 Å². The molecule has 21 heavy (non-hydrogen) atoms. The number of hydrogen-bond donors (Lipinski definition) is 1.